The number of hydrogen-bond acceptors (Lipinski definition) is 6. The second-order valence-corrected chi connectivity index (χ2v) is 8.83. The van der Waals surface area contributed by atoms with E-state index in [0.717, 1.165) is 50.9 Å². The van der Waals surface area contributed by atoms with E-state index in [9.17, 15) is 9.90 Å². The molecule has 0 aliphatic carbocycles. The Hall–Kier alpha value is -1.83. The van der Waals surface area contributed by atoms with Gasteiger partial charge in [-0.15, -0.1) is 0 Å². The number of amides is 1. The summed E-state index contributed by atoms with van der Waals surface area (Å²) in [4.78, 5) is 14.6. The molecule has 30 heavy (non-hydrogen) atoms. The Kier molecular flexibility index (Phi) is 6.51. The number of benzene rings is 1. The van der Waals surface area contributed by atoms with Gasteiger partial charge in [0.15, 0.2) is 17.6 Å². The molecule has 3 heterocycles. The van der Waals surface area contributed by atoms with Crippen molar-refractivity contribution in [2.24, 2.45) is 0 Å². The summed E-state index contributed by atoms with van der Waals surface area (Å²) in [6, 6.07) is 7.55. The van der Waals surface area contributed by atoms with E-state index in [4.69, 9.17) is 14.2 Å². The van der Waals surface area contributed by atoms with Crippen molar-refractivity contribution in [1.82, 2.24) is 10.2 Å². The van der Waals surface area contributed by atoms with E-state index in [2.05, 4.69) is 17.1 Å². The number of para-hydroxylation sites is 2. The predicted molar refractivity (Wildman–Crippen MR) is 113 cm³/mol. The monoisotopic (exact) mass is 418 g/mol. The molecule has 1 aromatic carbocycles. The van der Waals surface area contributed by atoms with Crippen molar-refractivity contribution in [3.05, 3.63) is 24.3 Å². The van der Waals surface area contributed by atoms with Crippen molar-refractivity contribution in [2.45, 2.75) is 75.9 Å². The van der Waals surface area contributed by atoms with E-state index in [1.807, 2.05) is 31.2 Å². The Bertz CT molecular complexity index is 734. The summed E-state index contributed by atoms with van der Waals surface area (Å²) < 4.78 is 18.1. The number of nitrogens with zero attached hydrogens (tertiary/aromatic N) is 1. The second-order valence-electron chi connectivity index (χ2n) is 8.83. The number of aliphatic hydroxyl groups excluding tert-OH is 1. The molecule has 4 unspecified atom stereocenters. The van der Waals surface area contributed by atoms with E-state index >= 15 is 0 Å². The Labute approximate surface area is 178 Å². The fourth-order valence-electron chi connectivity index (χ4n) is 4.73. The third kappa shape index (κ3) is 4.43. The van der Waals surface area contributed by atoms with Crippen molar-refractivity contribution < 1.29 is 24.1 Å². The number of nitrogens with one attached hydrogen (secondary N) is 1. The van der Waals surface area contributed by atoms with Crippen LogP contribution in [0.4, 0.5) is 0 Å². The van der Waals surface area contributed by atoms with Crippen LogP contribution in [0.25, 0.3) is 0 Å². The number of carbonyl (C=O) groups is 1. The predicted octanol–water partition coefficient (Wildman–Crippen LogP) is 2.12. The molecule has 0 aromatic heterocycles. The van der Waals surface area contributed by atoms with Gasteiger partial charge in [0.25, 0.3) is 0 Å². The third-order valence-electron chi connectivity index (χ3n) is 6.74. The van der Waals surface area contributed by atoms with Gasteiger partial charge in [0, 0.05) is 19.6 Å². The van der Waals surface area contributed by atoms with Gasteiger partial charge in [0.2, 0.25) is 5.91 Å². The molecule has 3 aliphatic heterocycles. The maximum atomic E-state index is 12.3. The average Bonchev–Trinajstić information content (AvgIpc) is 2.76. The normalized spacial score (nSPS) is 29.4. The lowest BCUT2D eigenvalue weighted by atomic mass is 9.82. The molecule has 1 aromatic rings. The maximum Gasteiger partial charge on any atom is 0.249 e. The fourth-order valence-corrected chi connectivity index (χ4v) is 4.73. The first-order valence-electron chi connectivity index (χ1n) is 11.3. The number of likely N-dealkylation sites (tertiary alicyclic amines) is 1. The number of ether oxygens (including phenoxy) is 3. The van der Waals surface area contributed by atoms with Gasteiger partial charge in [0.1, 0.15) is 18.8 Å². The molecule has 166 valence electrons. The van der Waals surface area contributed by atoms with Crippen molar-refractivity contribution in [3.8, 4) is 11.5 Å². The second kappa shape index (κ2) is 9.12. The van der Waals surface area contributed by atoms with Crippen LogP contribution in [-0.4, -0.2) is 72.1 Å². The van der Waals surface area contributed by atoms with Gasteiger partial charge in [-0.3, -0.25) is 4.79 Å². The highest BCUT2D eigenvalue weighted by Crippen LogP contribution is 2.36. The third-order valence-corrected chi connectivity index (χ3v) is 6.74. The Morgan fingerprint density at radius 3 is 2.73 bits per heavy atom. The van der Waals surface area contributed by atoms with Gasteiger partial charge < -0.3 is 29.5 Å². The molecule has 3 aliphatic rings. The lowest BCUT2D eigenvalue weighted by molar-refractivity contribution is -0.184. The van der Waals surface area contributed by atoms with Crippen molar-refractivity contribution in [3.63, 3.8) is 0 Å². The minimum atomic E-state index is -0.630. The van der Waals surface area contributed by atoms with E-state index in [-0.39, 0.29) is 29.8 Å². The molecule has 4 atom stereocenters. The van der Waals surface area contributed by atoms with Gasteiger partial charge in [-0.05, 0) is 38.3 Å². The van der Waals surface area contributed by atoms with E-state index < -0.39 is 6.10 Å². The van der Waals surface area contributed by atoms with E-state index in [1.165, 1.54) is 0 Å². The van der Waals surface area contributed by atoms with Crippen molar-refractivity contribution in [2.75, 3.05) is 26.2 Å². The molecule has 2 N–H and O–H groups in total. The quantitative estimate of drug-likeness (QED) is 0.737. The fraction of sp³-hybridized carbons (Fsp3) is 0.696. The number of piperidine rings is 1. The largest absolute Gasteiger partial charge is 0.486 e. The van der Waals surface area contributed by atoms with Crippen LogP contribution in [0.2, 0.25) is 0 Å². The molecule has 7 nitrogen and oxygen atoms in total. The number of rotatable bonds is 6. The first-order valence-corrected chi connectivity index (χ1v) is 11.3. The average molecular weight is 419 g/mol. The van der Waals surface area contributed by atoms with Crippen LogP contribution in [0.5, 0.6) is 11.5 Å². The highest BCUT2D eigenvalue weighted by molar-refractivity contribution is 5.82. The molecule has 0 saturated carbocycles. The summed E-state index contributed by atoms with van der Waals surface area (Å²) in [6.07, 6.45) is 3.16. The molecule has 2 fully saturated rings. The van der Waals surface area contributed by atoms with Crippen LogP contribution in [0.15, 0.2) is 24.3 Å². The first-order chi connectivity index (χ1) is 14.5. The van der Waals surface area contributed by atoms with Crippen LogP contribution in [0.3, 0.4) is 0 Å². The molecular weight excluding hydrogens is 384 g/mol. The molecule has 7 heteroatoms. The Morgan fingerprint density at radius 2 is 2.00 bits per heavy atom. The summed E-state index contributed by atoms with van der Waals surface area (Å²) in [6.45, 7) is 6.70. The minimum Gasteiger partial charge on any atom is -0.486 e. The summed E-state index contributed by atoms with van der Waals surface area (Å²) in [5, 5.41) is 13.9. The van der Waals surface area contributed by atoms with Crippen LogP contribution >= 0.6 is 0 Å². The highest BCUT2D eigenvalue weighted by Gasteiger charge is 2.48. The van der Waals surface area contributed by atoms with Crippen LogP contribution in [0, 0.1) is 0 Å². The summed E-state index contributed by atoms with van der Waals surface area (Å²) >= 11 is 0. The zero-order valence-electron chi connectivity index (χ0n) is 18.0. The molecule has 4 rings (SSSR count). The van der Waals surface area contributed by atoms with Crippen LogP contribution in [0.1, 0.15) is 46.0 Å². The smallest absolute Gasteiger partial charge is 0.249 e. The first kappa shape index (κ1) is 21.4. The van der Waals surface area contributed by atoms with Crippen molar-refractivity contribution >= 4 is 5.91 Å². The summed E-state index contributed by atoms with van der Waals surface area (Å²) in [5.74, 6) is 1.43. The molecule has 1 amide bonds. The van der Waals surface area contributed by atoms with Gasteiger partial charge >= 0.3 is 0 Å². The molecular formula is C23H34N2O5. The minimum absolute atomic E-state index is 0.00142. The van der Waals surface area contributed by atoms with Gasteiger partial charge in [0.05, 0.1) is 11.6 Å². The molecule has 0 bridgehead atoms. The SMILES string of the molecule is CCCCC1OC2(CCN(CC(O)C3COc4ccccc4O3)CC2)C(C)NC1=O. The van der Waals surface area contributed by atoms with Gasteiger partial charge in [-0.2, -0.15) is 0 Å². The maximum absolute atomic E-state index is 12.3. The number of morpholine rings is 1. The van der Waals surface area contributed by atoms with Gasteiger partial charge in [-0.1, -0.05) is 31.9 Å². The Balaban J connectivity index is 1.30. The van der Waals surface area contributed by atoms with Crippen molar-refractivity contribution in [1.29, 1.82) is 0 Å². The molecule has 2 saturated heterocycles. The zero-order chi connectivity index (χ0) is 21.1. The van der Waals surface area contributed by atoms with Gasteiger partial charge in [-0.25, -0.2) is 0 Å². The van der Waals surface area contributed by atoms with Crippen LogP contribution in [-0.2, 0) is 9.53 Å². The number of unbranched alkanes of at least 4 members (excludes halogenated alkanes) is 1. The summed E-state index contributed by atoms with van der Waals surface area (Å²) in [5.41, 5.74) is -0.308. The number of β-amino-alcohol motifs (C(OH)–C–C–N with tert-alkyl or cyclic N) is 1. The lowest BCUT2D eigenvalue weighted by Gasteiger charge is -2.50. The van der Waals surface area contributed by atoms with Crippen LogP contribution < -0.4 is 14.8 Å². The number of fused-ring (bicyclic) bond motifs is 1. The standard InChI is InChI=1S/C23H34N2O5/c1-3-4-7-20-22(27)24-16(2)23(30-20)10-12-25(13-11-23)14-17(26)21-15-28-18-8-5-6-9-19(18)29-21/h5-6,8-9,16-17,20-21,26H,3-4,7,10-15H2,1-2H3,(H,24,27). The number of hydrogen-bond donors (Lipinski definition) is 2. The number of carbonyl (C=O) groups excluding carboxylic acids is 1. The molecule has 1 spiro atoms. The molecule has 0 radical (unpaired) electrons. The number of aliphatic hydroxyl groups is 1. The zero-order valence-corrected chi connectivity index (χ0v) is 18.0. The topological polar surface area (TPSA) is 80.3 Å². The summed E-state index contributed by atoms with van der Waals surface area (Å²) in [7, 11) is 0. The van der Waals surface area contributed by atoms with E-state index in [0.29, 0.717) is 18.9 Å². The highest BCUT2D eigenvalue weighted by atomic mass is 16.6. The van der Waals surface area contributed by atoms with E-state index in [1.54, 1.807) is 0 Å². The lowest BCUT2D eigenvalue weighted by Crippen LogP contribution is -2.65. The Morgan fingerprint density at radius 1 is 1.27 bits per heavy atom.